The average molecular weight is 911 g/mol. The molecule has 0 spiro atoms. The number of rotatable bonds is 6. The Kier molecular flexibility index (Phi) is 24.6. The largest absolute Gasteiger partial charge is 0.0622 e. The van der Waals surface area contributed by atoms with Crippen LogP contribution in [0.1, 0.15) is 0 Å². The van der Waals surface area contributed by atoms with Crippen molar-refractivity contribution in [2.24, 2.45) is 0 Å². The summed E-state index contributed by atoms with van der Waals surface area (Å²) in [5.41, 5.74) is 10.7. The van der Waals surface area contributed by atoms with Crippen LogP contribution in [0.15, 0.2) is 182 Å². The van der Waals surface area contributed by atoms with Crippen LogP contribution in [0.5, 0.6) is 0 Å². The second-order valence-electron chi connectivity index (χ2n) is 8.73. The third-order valence-electron chi connectivity index (χ3n) is 6.09. The maximum absolute atomic E-state index is 5.33. The van der Waals surface area contributed by atoms with E-state index in [1.807, 2.05) is 0 Å². The van der Waals surface area contributed by atoms with Crippen LogP contribution >= 0.6 is 35.0 Å². The van der Waals surface area contributed by atoms with E-state index in [4.69, 9.17) is 30.5 Å². The van der Waals surface area contributed by atoms with E-state index in [1.165, 1.54) is 31.8 Å². The van der Waals surface area contributed by atoms with Gasteiger partial charge in [0, 0.05) is 0 Å². The molecular formula is C38H30Cl3IrP2S2. The van der Waals surface area contributed by atoms with Crippen LogP contribution < -0.4 is 44.2 Å². The number of benzene rings is 6. The first-order valence-corrected chi connectivity index (χ1v) is 22.9. The number of hydrogen-bond acceptors (Lipinski definition) is 0. The van der Waals surface area contributed by atoms with Crippen LogP contribution in [0.2, 0.25) is 0 Å². The Morgan fingerprint density at radius 3 is 0.543 bits per heavy atom. The molecule has 6 aromatic rings. The summed E-state index contributed by atoms with van der Waals surface area (Å²) in [7, 11) is 8.89. The summed E-state index contributed by atoms with van der Waals surface area (Å²) >= 11 is 6.11. The minimum absolute atomic E-state index is 0. The molecule has 6 rings (SSSR count). The summed E-state index contributed by atoms with van der Waals surface area (Å²) in [6.45, 7) is 0. The van der Waals surface area contributed by atoms with E-state index in [-0.39, 0.29) is 12.4 Å². The first kappa shape index (κ1) is 42.0. The molecule has 0 aliphatic rings. The third kappa shape index (κ3) is 14.4. The molecule has 46 heavy (non-hydrogen) atoms. The van der Waals surface area contributed by atoms with E-state index in [2.05, 4.69) is 206 Å². The molecule has 0 bridgehead atoms. The van der Waals surface area contributed by atoms with Gasteiger partial charge in [0.15, 0.2) is 0 Å². The van der Waals surface area contributed by atoms with Crippen molar-refractivity contribution < 1.29 is 28.1 Å². The molecule has 0 nitrogen and oxygen atoms in total. The van der Waals surface area contributed by atoms with Crippen molar-refractivity contribution in [2.45, 2.75) is 0 Å². The second-order valence-corrected chi connectivity index (χ2v) is 16.6. The van der Waals surface area contributed by atoms with Crippen molar-refractivity contribution in [3.63, 3.8) is 0 Å². The molecule has 0 saturated heterocycles. The van der Waals surface area contributed by atoms with Crippen molar-refractivity contribution in [1.29, 1.82) is 0 Å². The second kappa shape index (κ2) is 27.0. The average Bonchev–Trinajstić information content (AvgIpc) is 3.14. The van der Waals surface area contributed by atoms with Crippen LogP contribution in [-0.4, -0.2) is 0 Å². The van der Waals surface area contributed by atoms with E-state index in [0.29, 0.717) is 0 Å². The van der Waals surface area contributed by atoms with Gasteiger partial charge in [-0.25, -0.2) is 0 Å². The van der Waals surface area contributed by atoms with E-state index >= 15 is 0 Å². The summed E-state index contributed by atoms with van der Waals surface area (Å²) in [4.78, 5) is 0. The molecule has 0 saturated carbocycles. The van der Waals surface area contributed by atoms with Crippen molar-refractivity contribution in [2.75, 3.05) is 0 Å². The van der Waals surface area contributed by atoms with Gasteiger partial charge in [-0.3, -0.25) is 0 Å². The predicted molar refractivity (Wildman–Crippen MR) is 203 cm³/mol. The van der Waals surface area contributed by atoms with E-state index in [0.717, 1.165) is 0 Å². The van der Waals surface area contributed by atoms with E-state index in [1.54, 1.807) is 0 Å². The Balaban J connectivity index is 0.000000379. The SMILES string of the molecule is [C-]#[S+].[C-]#[S+].[Cl-].[Cl][Ir+][Cl].c1ccc(P(c2ccccc2)c2ccccc2)cc1.c1ccc(P(c2ccccc2)c2ccccc2)cc1. The summed E-state index contributed by atoms with van der Waals surface area (Å²) in [6.07, 6.45) is 0. The minimum Gasteiger partial charge on any atom is -0.0622 e. The van der Waals surface area contributed by atoms with Crippen LogP contribution in [0.4, 0.5) is 0 Å². The predicted octanol–water partition coefficient (Wildman–Crippen LogP) is 5.43. The molecule has 0 amide bonds. The molecule has 0 aliphatic carbocycles. The summed E-state index contributed by atoms with van der Waals surface area (Å²) < 4.78 is 0. The molecule has 234 valence electrons. The molecule has 0 radical (unpaired) electrons. The van der Waals surface area contributed by atoms with Gasteiger partial charge in [0.2, 0.25) is 0 Å². The smallest absolute Gasteiger partial charge is 0.0134 e. The Bertz CT molecular complexity index is 1300. The van der Waals surface area contributed by atoms with Gasteiger partial charge in [-0.1, -0.05) is 182 Å². The van der Waals surface area contributed by atoms with Gasteiger partial charge >= 0.3 is 70.3 Å². The maximum Gasteiger partial charge on any atom is -0.0134 e. The van der Waals surface area contributed by atoms with Crippen LogP contribution in [0, 0.1) is 11.4 Å². The van der Waals surface area contributed by atoms with Crippen LogP contribution in [0.25, 0.3) is 0 Å². The molecule has 0 N–H and O–H groups in total. The first-order chi connectivity index (χ1) is 22.3. The standard InChI is InChI=1S/2C18H15P.2CS.3ClH.Ir/c2*1-4-10-16(11-5-1)19(17-12-6-2-7-13-17)18-14-8-3-9-15-18;2*1-2;;;;/h2*1-15H;;;3*1H;/q;;;;;;;+3/p-3. The van der Waals surface area contributed by atoms with Crippen molar-refractivity contribution in [3.8, 4) is 0 Å². The zero-order valence-electron chi connectivity index (χ0n) is 24.5. The van der Waals surface area contributed by atoms with Gasteiger partial charge in [0.1, 0.15) is 0 Å². The molecule has 0 fully saturated rings. The third-order valence-corrected chi connectivity index (χ3v) is 11.0. The quantitative estimate of drug-likeness (QED) is 0.119. The molecular weight excluding hydrogens is 881 g/mol. The number of halogens is 3. The molecule has 8 heteroatoms. The van der Waals surface area contributed by atoms with Gasteiger partial charge < -0.3 is 12.4 Å². The van der Waals surface area contributed by atoms with E-state index in [9.17, 15) is 0 Å². The van der Waals surface area contributed by atoms with Crippen molar-refractivity contribution >= 4 is 90.9 Å². The van der Waals surface area contributed by atoms with Gasteiger partial charge in [-0.15, -0.1) is 0 Å². The molecule has 0 aliphatic heterocycles. The molecule has 0 aromatic heterocycles. The Morgan fingerprint density at radius 1 is 0.326 bits per heavy atom. The van der Waals surface area contributed by atoms with E-state index < -0.39 is 31.5 Å². The molecule has 6 aromatic carbocycles. The zero-order valence-corrected chi connectivity index (χ0v) is 32.6. The van der Waals surface area contributed by atoms with Crippen LogP contribution in [0.3, 0.4) is 0 Å². The number of hydrogen-bond donors (Lipinski definition) is 0. The van der Waals surface area contributed by atoms with Crippen LogP contribution in [-0.2, 0) is 39.7 Å². The van der Waals surface area contributed by atoms with Gasteiger partial charge in [-0.2, -0.15) is 0 Å². The Labute approximate surface area is 309 Å². The summed E-state index contributed by atoms with van der Waals surface area (Å²) in [5.74, 6) is 0. The van der Waals surface area contributed by atoms with Crippen molar-refractivity contribution in [3.05, 3.63) is 193 Å². The first-order valence-electron chi connectivity index (χ1n) is 13.5. The molecule has 0 unspecified atom stereocenters. The Morgan fingerprint density at radius 2 is 0.435 bits per heavy atom. The minimum atomic E-state index is -0.556. The summed E-state index contributed by atoms with van der Waals surface area (Å²) in [6, 6.07) is 64.7. The zero-order chi connectivity index (χ0) is 32.5. The summed E-state index contributed by atoms with van der Waals surface area (Å²) in [5, 5.41) is 8.39. The van der Waals surface area contributed by atoms with Gasteiger partial charge in [0.05, 0.1) is 0 Å². The fraction of sp³-hybridized carbons (Fsp3) is 0. The molecule has 0 heterocycles. The Hall–Kier alpha value is -2.04. The van der Waals surface area contributed by atoms with Gasteiger partial charge in [0.25, 0.3) is 0 Å². The topological polar surface area (TPSA) is 0 Å². The normalized spacial score (nSPS) is 9.30. The fourth-order valence-corrected chi connectivity index (χ4v) is 8.97. The van der Waals surface area contributed by atoms with Gasteiger partial charge in [-0.05, 0) is 47.7 Å². The molecule has 0 atom stereocenters. The fourth-order valence-electron chi connectivity index (χ4n) is 4.36. The maximum atomic E-state index is 5.33. The van der Waals surface area contributed by atoms with Crippen molar-refractivity contribution in [1.82, 2.24) is 0 Å². The monoisotopic (exact) mass is 910 g/mol.